The first-order valence-corrected chi connectivity index (χ1v) is 10.0. The number of nitrogens with zero attached hydrogens (tertiary/aromatic N) is 2. The van der Waals surface area contributed by atoms with Gasteiger partial charge in [-0.05, 0) is 30.7 Å². The van der Waals surface area contributed by atoms with Crippen molar-refractivity contribution in [2.75, 3.05) is 18.1 Å². The molecule has 3 heteroatoms. The Hall–Kier alpha value is -0.960. The lowest BCUT2D eigenvalue weighted by molar-refractivity contribution is 0.388. The first-order chi connectivity index (χ1) is 11.3. The highest BCUT2D eigenvalue weighted by Crippen LogP contribution is 2.22. The molecule has 0 saturated carbocycles. The molecule has 0 atom stereocenters. The van der Waals surface area contributed by atoms with Gasteiger partial charge in [0.15, 0.2) is 0 Å². The number of hydrogen-bond acceptors (Lipinski definition) is 2. The van der Waals surface area contributed by atoms with Crippen LogP contribution < -0.4 is 4.90 Å². The minimum Gasteiger partial charge on any atom is -0.358 e. The van der Waals surface area contributed by atoms with Crippen LogP contribution in [0, 0.1) is 0 Å². The largest absolute Gasteiger partial charge is 0.358 e. The average molecular weight is 379 g/mol. The van der Waals surface area contributed by atoms with Crippen LogP contribution >= 0.6 is 15.9 Å². The first kappa shape index (κ1) is 18.4. The zero-order valence-electron chi connectivity index (χ0n) is 14.5. The summed E-state index contributed by atoms with van der Waals surface area (Å²) in [5.41, 5.74) is 1.26. The SMILES string of the molecule is CCCCCCCCCCCN1C=CN(c2ccc(Br)cc2)C1. The van der Waals surface area contributed by atoms with Gasteiger partial charge in [0, 0.05) is 29.1 Å². The third-order valence-electron chi connectivity index (χ3n) is 4.50. The molecule has 2 nitrogen and oxygen atoms in total. The van der Waals surface area contributed by atoms with Crippen LogP contribution in [-0.2, 0) is 0 Å². The van der Waals surface area contributed by atoms with E-state index in [0.29, 0.717) is 0 Å². The van der Waals surface area contributed by atoms with Crippen LogP contribution in [-0.4, -0.2) is 18.1 Å². The molecule has 0 unspecified atom stereocenters. The van der Waals surface area contributed by atoms with Gasteiger partial charge < -0.3 is 9.80 Å². The third-order valence-corrected chi connectivity index (χ3v) is 5.03. The molecule has 1 aliphatic rings. The summed E-state index contributed by atoms with van der Waals surface area (Å²) in [4.78, 5) is 4.73. The first-order valence-electron chi connectivity index (χ1n) is 9.24. The summed E-state index contributed by atoms with van der Waals surface area (Å²) in [7, 11) is 0. The molecular weight excluding hydrogens is 348 g/mol. The van der Waals surface area contributed by atoms with Gasteiger partial charge in [0.25, 0.3) is 0 Å². The molecule has 1 aromatic carbocycles. The van der Waals surface area contributed by atoms with E-state index in [1.807, 2.05) is 0 Å². The van der Waals surface area contributed by atoms with Crippen molar-refractivity contribution in [2.24, 2.45) is 0 Å². The number of unbranched alkanes of at least 4 members (excludes halogenated alkanes) is 8. The van der Waals surface area contributed by atoms with E-state index in [-0.39, 0.29) is 0 Å². The molecule has 0 aromatic heterocycles. The maximum Gasteiger partial charge on any atom is 0.0941 e. The van der Waals surface area contributed by atoms with E-state index in [2.05, 4.69) is 69.3 Å². The highest BCUT2D eigenvalue weighted by Gasteiger charge is 2.13. The van der Waals surface area contributed by atoms with Crippen LogP contribution in [0.5, 0.6) is 0 Å². The molecule has 1 aromatic rings. The molecular formula is C20H31BrN2. The second-order valence-electron chi connectivity index (χ2n) is 6.53. The van der Waals surface area contributed by atoms with E-state index in [0.717, 1.165) is 11.1 Å². The lowest BCUT2D eigenvalue weighted by atomic mass is 10.1. The molecule has 0 aliphatic carbocycles. The van der Waals surface area contributed by atoms with Gasteiger partial charge in [0.2, 0.25) is 0 Å². The van der Waals surface area contributed by atoms with Gasteiger partial charge in [-0.3, -0.25) is 0 Å². The molecule has 1 heterocycles. The highest BCUT2D eigenvalue weighted by molar-refractivity contribution is 9.10. The zero-order valence-corrected chi connectivity index (χ0v) is 16.1. The van der Waals surface area contributed by atoms with E-state index >= 15 is 0 Å². The number of anilines is 1. The summed E-state index contributed by atoms with van der Waals surface area (Å²) in [6.07, 6.45) is 17.0. The van der Waals surface area contributed by atoms with Gasteiger partial charge in [0.05, 0.1) is 6.67 Å². The quantitative estimate of drug-likeness (QED) is 0.403. The van der Waals surface area contributed by atoms with Gasteiger partial charge >= 0.3 is 0 Å². The maximum atomic E-state index is 3.49. The van der Waals surface area contributed by atoms with Crippen LogP contribution in [0.15, 0.2) is 41.1 Å². The fourth-order valence-corrected chi connectivity index (χ4v) is 3.30. The molecule has 1 aliphatic heterocycles. The van der Waals surface area contributed by atoms with E-state index in [1.165, 1.54) is 70.0 Å². The number of halogens is 1. The van der Waals surface area contributed by atoms with Gasteiger partial charge in [-0.25, -0.2) is 0 Å². The normalized spacial score (nSPS) is 14.0. The summed E-state index contributed by atoms with van der Waals surface area (Å²) in [5.74, 6) is 0. The van der Waals surface area contributed by atoms with Gasteiger partial charge in [-0.2, -0.15) is 0 Å². The molecule has 0 saturated heterocycles. The average Bonchev–Trinajstić information content (AvgIpc) is 3.03. The second-order valence-corrected chi connectivity index (χ2v) is 7.44. The van der Waals surface area contributed by atoms with Crippen LogP contribution in [0.2, 0.25) is 0 Å². The van der Waals surface area contributed by atoms with Crippen LogP contribution in [0.3, 0.4) is 0 Å². The van der Waals surface area contributed by atoms with Crippen molar-refractivity contribution in [3.05, 3.63) is 41.1 Å². The van der Waals surface area contributed by atoms with Gasteiger partial charge in [-0.15, -0.1) is 0 Å². The Labute approximate surface area is 150 Å². The van der Waals surface area contributed by atoms with E-state index in [9.17, 15) is 0 Å². The lowest BCUT2D eigenvalue weighted by Gasteiger charge is -2.21. The monoisotopic (exact) mass is 378 g/mol. The molecule has 0 bridgehead atoms. The third kappa shape index (κ3) is 6.99. The van der Waals surface area contributed by atoms with Crippen molar-refractivity contribution in [3.8, 4) is 0 Å². The fourth-order valence-electron chi connectivity index (χ4n) is 3.04. The van der Waals surface area contributed by atoms with Crippen LogP contribution in [0.4, 0.5) is 5.69 Å². The van der Waals surface area contributed by atoms with Gasteiger partial charge in [0.1, 0.15) is 0 Å². The Morgan fingerprint density at radius 2 is 1.43 bits per heavy atom. The highest BCUT2D eigenvalue weighted by atomic mass is 79.9. The molecule has 0 fully saturated rings. The molecule has 0 spiro atoms. The molecule has 2 rings (SSSR count). The number of benzene rings is 1. The molecule has 23 heavy (non-hydrogen) atoms. The second kappa shape index (κ2) is 10.7. The lowest BCUT2D eigenvalue weighted by Crippen LogP contribution is -2.25. The van der Waals surface area contributed by atoms with Gasteiger partial charge in [-0.1, -0.05) is 74.2 Å². The number of hydrogen-bond donors (Lipinski definition) is 0. The predicted molar refractivity (Wildman–Crippen MR) is 105 cm³/mol. The Bertz CT molecular complexity index is 455. The summed E-state index contributed by atoms with van der Waals surface area (Å²) in [5, 5.41) is 0. The minimum absolute atomic E-state index is 0.985. The summed E-state index contributed by atoms with van der Waals surface area (Å²) in [6.45, 7) is 4.45. The van der Waals surface area contributed by atoms with E-state index < -0.39 is 0 Å². The fraction of sp³-hybridized carbons (Fsp3) is 0.600. The minimum atomic E-state index is 0.985. The predicted octanol–water partition coefficient (Wildman–Crippen LogP) is 6.53. The van der Waals surface area contributed by atoms with E-state index in [1.54, 1.807) is 0 Å². The molecule has 128 valence electrons. The van der Waals surface area contributed by atoms with Crippen molar-refractivity contribution in [2.45, 2.75) is 64.7 Å². The zero-order chi connectivity index (χ0) is 16.3. The van der Waals surface area contributed by atoms with Crippen molar-refractivity contribution < 1.29 is 0 Å². The summed E-state index contributed by atoms with van der Waals surface area (Å²) < 4.78 is 1.14. The van der Waals surface area contributed by atoms with Crippen molar-refractivity contribution >= 4 is 21.6 Å². The van der Waals surface area contributed by atoms with Crippen LogP contribution in [0.1, 0.15) is 64.7 Å². The molecule has 0 radical (unpaired) electrons. The Morgan fingerprint density at radius 3 is 2.09 bits per heavy atom. The summed E-state index contributed by atoms with van der Waals surface area (Å²) in [6, 6.07) is 8.53. The smallest absolute Gasteiger partial charge is 0.0941 e. The summed E-state index contributed by atoms with van der Waals surface area (Å²) >= 11 is 3.49. The Kier molecular flexibility index (Phi) is 8.59. The molecule has 0 amide bonds. The maximum absolute atomic E-state index is 3.49. The molecule has 0 N–H and O–H groups in total. The number of rotatable bonds is 11. The van der Waals surface area contributed by atoms with Crippen LogP contribution in [0.25, 0.3) is 0 Å². The topological polar surface area (TPSA) is 6.48 Å². The van der Waals surface area contributed by atoms with Crippen molar-refractivity contribution in [1.82, 2.24) is 4.90 Å². The van der Waals surface area contributed by atoms with Crippen molar-refractivity contribution in [3.63, 3.8) is 0 Å². The van der Waals surface area contributed by atoms with Crippen molar-refractivity contribution in [1.29, 1.82) is 0 Å². The Balaban J connectivity index is 1.51. The Morgan fingerprint density at radius 1 is 0.826 bits per heavy atom. The van der Waals surface area contributed by atoms with E-state index in [4.69, 9.17) is 0 Å². The standard InChI is InChI=1S/C20H31BrN2/c1-2-3-4-5-6-7-8-9-10-15-22-16-17-23(18-22)20-13-11-19(21)12-14-20/h11-14,16-17H,2-10,15,18H2,1H3.